The van der Waals surface area contributed by atoms with Gasteiger partial charge < -0.3 is 9.47 Å². The van der Waals surface area contributed by atoms with Gasteiger partial charge in [-0.3, -0.25) is 9.59 Å². The molecule has 0 saturated carbocycles. The lowest BCUT2D eigenvalue weighted by molar-refractivity contribution is -0.158. The Bertz CT molecular complexity index is 328. The molecule has 0 radical (unpaired) electrons. The molecular weight excluding hydrogens is 304 g/mol. The second kappa shape index (κ2) is 15.5. The average Bonchev–Trinajstić information content (AvgIpc) is 2.61. The van der Waals surface area contributed by atoms with Gasteiger partial charge in [-0.15, -0.1) is 0 Å². The monoisotopic (exact) mass is 342 g/mol. The fraction of sp³-hybridized carbons (Fsp3) is 0.900. The van der Waals surface area contributed by atoms with Crippen LogP contribution in [0.2, 0.25) is 0 Å². The third kappa shape index (κ3) is 9.94. The van der Waals surface area contributed by atoms with Crippen molar-refractivity contribution < 1.29 is 19.1 Å². The molecule has 0 bridgehead atoms. The minimum absolute atomic E-state index is 0.269. The number of hydrogen-bond acceptors (Lipinski definition) is 4. The van der Waals surface area contributed by atoms with Gasteiger partial charge in [-0.1, -0.05) is 78.1 Å². The number of carbonyl (C=O) groups is 2. The van der Waals surface area contributed by atoms with Crippen LogP contribution in [0.1, 0.15) is 90.9 Å². The number of unbranched alkanes of at least 4 members (excludes halogenated alkanes) is 8. The van der Waals surface area contributed by atoms with Gasteiger partial charge in [0.15, 0.2) is 0 Å². The Kier molecular flexibility index (Phi) is 14.8. The smallest absolute Gasteiger partial charge is 0.309 e. The van der Waals surface area contributed by atoms with Gasteiger partial charge in [0.1, 0.15) is 0 Å². The molecule has 0 aliphatic heterocycles. The first-order valence-corrected chi connectivity index (χ1v) is 9.77. The quantitative estimate of drug-likeness (QED) is 0.300. The van der Waals surface area contributed by atoms with Gasteiger partial charge in [0.05, 0.1) is 26.1 Å². The maximum Gasteiger partial charge on any atom is 0.309 e. The first-order valence-electron chi connectivity index (χ1n) is 9.77. The number of ether oxygens (including phenoxy) is 2. The van der Waals surface area contributed by atoms with Gasteiger partial charge in [0.25, 0.3) is 0 Å². The highest BCUT2D eigenvalue weighted by molar-refractivity contribution is 5.81. The van der Waals surface area contributed by atoms with Crippen LogP contribution in [0, 0.1) is 11.8 Å². The Morgan fingerprint density at radius 1 is 0.625 bits per heavy atom. The van der Waals surface area contributed by atoms with Crippen LogP contribution < -0.4 is 0 Å². The van der Waals surface area contributed by atoms with E-state index in [2.05, 4.69) is 13.8 Å². The van der Waals surface area contributed by atoms with Gasteiger partial charge in [0.2, 0.25) is 0 Å². The van der Waals surface area contributed by atoms with Crippen LogP contribution in [0.5, 0.6) is 0 Å². The Morgan fingerprint density at radius 3 is 1.33 bits per heavy atom. The minimum Gasteiger partial charge on any atom is -0.469 e. The van der Waals surface area contributed by atoms with Crippen LogP contribution in [0.3, 0.4) is 0 Å². The largest absolute Gasteiger partial charge is 0.469 e. The third-order valence-corrected chi connectivity index (χ3v) is 4.73. The van der Waals surface area contributed by atoms with Crippen molar-refractivity contribution in [2.24, 2.45) is 11.8 Å². The lowest BCUT2D eigenvalue weighted by Gasteiger charge is -2.23. The van der Waals surface area contributed by atoms with Gasteiger partial charge >= 0.3 is 11.9 Å². The molecule has 142 valence electrons. The summed E-state index contributed by atoms with van der Waals surface area (Å²) in [4.78, 5) is 24.4. The molecule has 0 rings (SSSR count). The normalized spacial score (nSPS) is 13.3. The van der Waals surface area contributed by atoms with E-state index >= 15 is 0 Å². The molecule has 4 nitrogen and oxygen atoms in total. The lowest BCUT2D eigenvalue weighted by Crippen LogP contribution is -2.32. The minimum atomic E-state index is -0.366. The van der Waals surface area contributed by atoms with E-state index in [0.717, 1.165) is 38.5 Å². The maximum atomic E-state index is 12.2. The second-order valence-electron chi connectivity index (χ2n) is 6.67. The standard InChI is InChI=1S/C20H38O4/c1-5-7-9-11-12-14-16-18(20(22)24-4)17(19(21)23-3)15-13-10-8-6-2/h17-18H,5-16H2,1-4H3. The molecule has 24 heavy (non-hydrogen) atoms. The number of hydrogen-bond donors (Lipinski definition) is 0. The molecule has 0 aliphatic carbocycles. The second-order valence-corrected chi connectivity index (χ2v) is 6.67. The third-order valence-electron chi connectivity index (χ3n) is 4.73. The van der Waals surface area contributed by atoms with Crippen LogP contribution in [0.4, 0.5) is 0 Å². The van der Waals surface area contributed by atoms with Crippen molar-refractivity contribution >= 4 is 11.9 Å². The zero-order valence-electron chi connectivity index (χ0n) is 16.3. The average molecular weight is 343 g/mol. The molecule has 0 aliphatic rings. The molecule has 0 N–H and O–H groups in total. The van der Waals surface area contributed by atoms with Crippen molar-refractivity contribution in [3.8, 4) is 0 Å². The van der Waals surface area contributed by atoms with E-state index in [9.17, 15) is 9.59 Å². The Morgan fingerprint density at radius 2 is 0.958 bits per heavy atom. The molecule has 4 heteroatoms. The van der Waals surface area contributed by atoms with Crippen LogP contribution in [-0.4, -0.2) is 26.2 Å². The summed E-state index contributed by atoms with van der Waals surface area (Å²) in [7, 11) is 2.81. The highest BCUT2D eigenvalue weighted by atomic mass is 16.5. The summed E-state index contributed by atoms with van der Waals surface area (Å²) in [5.74, 6) is -1.27. The fourth-order valence-electron chi connectivity index (χ4n) is 3.20. The highest BCUT2D eigenvalue weighted by Crippen LogP contribution is 2.27. The molecule has 0 aromatic carbocycles. The molecule has 0 fully saturated rings. The summed E-state index contributed by atoms with van der Waals surface area (Å²) in [5, 5.41) is 0. The summed E-state index contributed by atoms with van der Waals surface area (Å²) in [6.07, 6.45) is 12.8. The van der Waals surface area contributed by atoms with E-state index in [1.54, 1.807) is 0 Å². The van der Waals surface area contributed by atoms with Gasteiger partial charge in [-0.05, 0) is 12.8 Å². The Labute approximate surface area is 148 Å². The van der Waals surface area contributed by atoms with E-state index in [0.29, 0.717) is 12.8 Å². The van der Waals surface area contributed by atoms with E-state index in [1.165, 1.54) is 39.9 Å². The lowest BCUT2D eigenvalue weighted by atomic mass is 9.83. The molecule has 0 heterocycles. The van der Waals surface area contributed by atoms with Gasteiger partial charge in [-0.25, -0.2) is 0 Å². The fourth-order valence-corrected chi connectivity index (χ4v) is 3.20. The zero-order valence-corrected chi connectivity index (χ0v) is 16.3. The zero-order chi connectivity index (χ0) is 18.2. The Balaban J connectivity index is 4.59. The van der Waals surface area contributed by atoms with Crippen LogP contribution in [0.25, 0.3) is 0 Å². The van der Waals surface area contributed by atoms with Crippen molar-refractivity contribution in [1.82, 2.24) is 0 Å². The highest BCUT2D eigenvalue weighted by Gasteiger charge is 2.34. The van der Waals surface area contributed by atoms with E-state index < -0.39 is 0 Å². The Hall–Kier alpha value is -1.06. The van der Waals surface area contributed by atoms with Crippen molar-refractivity contribution in [3.05, 3.63) is 0 Å². The molecule has 2 atom stereocenters. The SMILES string of the molecule is CCCCCCCCC(C(=O)OC)C(CCCCCC)C(=O)OC. The van der Waals surface area contributed by atoms with Gasteiger partial charge in [0, 0.05) is 0 Å². The number of rotatable bonds is 15. The summed E-state index contributed by atoms with van der Waals surface area (Å²) < 4.78 is 9.92. The van der Waals surface area contributed by atoms with Crippen LogP contribution in [0.15, 0.2) is 0 Å². The first kappa shape index (κ1) is 22.9. The summed E-state index contributed by atoms with van der Waals surface area (Å²) >= 11 is 0. The number of methoxy groups -OCH3 is 2. The predicted molar refractivity (Wildman–Crippen MR) is 97.8 cm³/mol. The maximum absolute atomic E-state index is 12.2. The van der Waals surface area contributed by atoms with Crippen molar-refractivity contribution in [3.63, 3.8) is 0 Å². The van der Waals surface area contributed by atoms with E-state index in [4.69, 9.17) is 9.47 Å². The van der Waals surface area contributed by atoms with E-state index in [1.807, 2.05) is 0 Å². The molecule has 2 unspecified atom stereocenters. The summed E-state index contributed by atoms with van der Waals surface area (Å²) in [5.41, 5.74) is 0. The van der Waals surface area contributed by atoms with Crippen molar-refractivity contribution in [2.75, 3.05) is 14.2 Å². The molecule has 0 saturated heterocycles. The van der Waals surface area contributed by atoms with Crippen LogP contribution in [-0.2, 0) is 19.1 Å². The molecule has 0 spiro atoms. The summed E-state index contributed by atoms with van der Waals surface area (Å²) in [6, 6.07) is 0. The summed E-state index contributed by atoms with van der Waals surface area (Å²) in [6.45, 7) is 4.36. The molecular formula is C20H38O4. The number of carbonyl (C=O) groups excluding carboxylic acids is 2. The molecule has 0 aromatic rings. The van der Waals surface area contributed by atoms with E-state index in [-0.39, 0.29) is 23.8 Å². The molecule has 0 amide bonds. The number of esters is 2. The van der Waals surface area contributed by atoms with Crippen LogP contribution >= 0.6 is 0 Å². The van der Waals surface area contributed by atoms with Crippen molar-refractivity contribution in [1.29, 1.82) is 0 Å². The predicted octanol–water partition coefficient (Wildman–Crippen LogP) is 5.29. The van der Waals surface area contributed by atoms with Gasteiger partial charge in [-0.2, -0.15) is 0 Å². The van der Waals surface area contributed by atoms with Crippen molar-refractivity contribution in [2.45, 2.75) is 90.9 Å². The first-order chi connectivity index (χ1) is 11.6. The topological polar surface area (TPSA) is 52.6 Å². The molecule has 0 aromatic heterocycles.